The first kappa shape index (κ1) is 16.4. The topological polar surface area (TPSA) is 63.4 Å². The minimum atomic E-state index is -0.389. The summed E-state index contributed by atoms with van der Waals surface area (Å²) in [6.07, 6.45) is 2.64. The minimum Gasteiger partial charge on any atom is -0.369 e. The highest BCUT2D eigenvalue weighted by atomic mass is 16.1. The highest BCUT2D eigenvalue weighted by Crippen LogP contribution is 2.13. The second kappa shape index (κ2) is 8.48. The van der Waals surface area contributed by atoms with Crippen LogP contribution in [0.25, 0.3) is 0 Å². The Labute approximate surface area is 121 Å². The fourth-order valence-corrected chi connectivity index (χ4v) is 2.31. The molecule has 0 aliphatic heterocycles. The third-order valence-electron chi connectivity index (χ3n) is 3.35. The van der Waals surface area contributed by atoms with E-state index in [1.165, 1.54) is 0 Å². The zero-order chi connectivity index (χ0) is 15.0. The summed E-state index contributed by atoms with van der Waals surface area (Å²) in [7, 11) is 0. The third-order valence-corrected chi connectivity index (χ3v) is 3.35. The molecule has 0 saturated heterocycles. The summed E-state index contributed by atoms with van der Waals surface area (Å²) in [5.74, 6) is -0.328. The molecule has 1 amide bonds. The number of carbonyl (C=O) groups is 2. The van der Waals surface area contributed by atoms with Crippen molar-refractivity contribution in [1.29, 1.82) is 0 Å². The van der Waals surface area contributed by atoms with E-state index >= 15 is 0 Å². The molecular weight excluding hydrogens is 252 g/mol. The van der Waals surface area contributed by atoms with E-state index in [4.69, 9.17) is 5.73 Å². The predicted molar refractivity (Wildman–Crippen MR) is 80.5 cm³/mol. The van der Waals surface area contributed by atoms with Crippen LogP contribution in [0.5, 0.6) is 0 Å². The van der Waals surface area contributed by atoms with E-state index in [2.05, 4.69) is 6.92 Å². The van der Waals surface area contributed by atoms with Gasteiger partial charge in [0, 0.05) is 5.56 Å². The number of hydrogen-bond donors (Lipinski definition) is 1. The van der Waals surface area contributed by atoms with Gasteiger partial charge in [0.05, 0.1) is 12.6 Å². The lowest BCUT2D eigenvalue weighted by Crippen LogP contribution is -2.45. The van der Waals surface area contributed by atoms with Crippen LogP contribution in [0.15, 0.2) is 30.3 Å². The Hall–Kier alpha value is -1.68. The van der Waals surface area contributed by atoms with Gasteiger partial charge >= 0.3 is 0 Å². The van der Waals surface area contributed by atoms with Crippen molar-refractivity contribution in [3.8, 4) is 0 Å². The molecular formula is C16H24N2O2. The zero-order valence-corrected chi connectivity index (χ0v) is 12.3. The minimum absolute atomic E-state index is 0.0606. The lowest BCUT2D eigenvalue weighted by molar-refractivity contribution is -0.119. The van der Waals surface area contributed by atoms with Crippen LogP contribution in [0.4, 0.5) is 0 Å². The third kappa shape index (κ3) is 4.78. The Bertz CT molecular complexity index is 431. The molecule has 1 rings (SSSR count). The number of benzene rings is 1. The van der Waals surface area contributed by atoms with Crippen molar-refractivity contribution in [2.24, 2.45) is 5.73 Å². The average Bonchev–Trinajstić information content (AvgIpc) is 2.45. The van der Waals surface area contributed by atoms with Gasteiger partial charge in [-0.1, -0.05) is 50.6 Å². The van der Waals surface area contributed by atoms with Crippen LogP contribution in [0.3, 0.4) is 0 Å². The van der Waals surface area contributed by atoms with Gasteiger partial charge in [-0.25, -0.2) is 0 Å². The van der Waals surface area contributed by atoms with Crippen molar-refractivity contribution in [2.75, 3.05) is 13.1 Å². The Morgan fingerprint density at radius 2 is 1.85 bits per heavy atom. The Balaban J connectivity index is 2.88. The standard InChI is InChI=1S/C16H24N2O2/c1-3-5-11-18(12-15(17)19)14(4-2)16(20)13-9-7-6-8-10-13/h6-10,14H,3-5,11-12H2,1-2H3,(H2,17,19). The molecule has 0 bridgehead atoms. The quantitative estimate of drug-likeness (QED) is 0.703. The average molecular weight is 276 g/mol. The van der Waals surface area contributed by atoms with Crippen LogP contribution in [0.1, 0.15) is 43.5 Å². The van der Waals surface area contributed by atoms with Crippen LogP contribution >= 0.6 is 0 Å². The number of Topliss-reactive ketones (excluding diaryl/α,β-unsaturated/α-hetero) is 1. The number of nitrogens with two attached hydrogens (primary N) is 1. The van der Waals surface area contributed by atoms with E-state index in [0.29, 0.717) is 12.0 Å². The second-order valence-electron chi connectivity index (χ2n) is 4.94. The summed E-state index contributed by atoms with van der Waals surface area (Å²) >= 11 is 0. The van der Waals surface area contributed by atoms with E-state index in [1.54, 1.807) is 0 Å². The summed E-state index contributed by atoms with van der Waals surface area (Å²) in [6, 6.07) is 8.93. The normalized spacial score (nSPS) is 12.3. The summed E-state index contributed by atoms with van der Waals surface area (Å²) in [5, 5.41) is 0. The molecule has 1 atom stereocenters. The number of ketones is 1. The largest absolute Gasteiger partial charge is 0.369 e. The number of nitrogens with zero attached hydrogens (tertiary/aromatic N) is 1. The number of amides is 1. The Kier molecular flexibility index (Phi) is 6.94. The van der Waals surface area contributed by atoms with E-state index in [0.717, 1.165) is 19.4 Å². The Morgan fingerprint density at radius 3 is 2.35 bits per heavy atom. The number of primary amides is 1. The van der Waals surface area contributed by atoms with E-state index in [-0.39, 0.29) is 24.3 Å². The number of unbranched alkanes of at least 4 members (excludes halogenated alkanes) is 1. The van der Waals surface area contributed by atoms with E-state index in [9.17, 15) is 9.59 Å². The lowest BCUT2D eigenvalue weighted by Gasteiger charge is -2.28. The fraction of sp³-hybridized carbons (Fsp3) is 0.500. The van der Waals surface area contributed by atoms with E-state index < -0.39 is 0 Å². The number of carbonyl (C=O) groups excluding carboxylic acids is 2. The van der Waals surface area contributed by atoms with Crippen LogP contribution in [0, 0.1) is 0 Å². The molecule has 20 heavy (non-hydrogen) atoms. The molecule has 0 spiro atoms. The molecule has 0 fully saturated rings. The first-order valence-electron chi connectivity index (χ1n) is 7.21. The van der Waals surface area contributed by atoms with Gasteiger partial charge < -0.3 is 5.73 Å². The lowest BCUT2D eigenvalue weighted by atomic mass is 10.00. The SMILES string of the molecule is CCCCN(CC(N)=O)C(CC)C(=O)c1ccccc1. The van der Waals surface area contributed by atoms with Crippen molar-refractivity contribution in [3.63, 3.8) is 0 Å². The monoisotopic (exact) mass is 276 g/mol. The van der Waals surface area contributed by atoms with Gasteiger partial charge in [-0.15, -0.1) is 0 Å². The van der Waals surface area contributed by atoms with Gasteiger partial charge in [0.25, 0.3) is 0 Å². The highest BCUT2D eigenvalue weighted by Gasteiger charge is 2.25. The van der Waals surface area contributed by atoms with Crippen molar-refractivity contribution in [3.05, 3.63) is 35.9 Å². The van der Waals surface area contributed by atoms with Gasteiger partial charge in [0.2, 0.25) is 5.91 Å². The van der Waals surface area contributed by atoms with Gasteiger partial charge in [-0.2, -0.15) is 0 Å². The molecule has 2 N–H and O–H groups in total. The van der Waals surface area contributed by atoms with Crippen molar-refractivity contribution >= 4 is 11.7 Å². The smallest absolute Gasteiger partial charge is 0.231 e. The summed E-state index contributed by atoms with van der Waals surface area (Å²) < 4.78 is 0. The second-order valence-corrected chi connectivity index (χ2v) is 4.94. The molecule has 0 radical (unpaired) electrons. The van der Waals surface area contributed by atoms with E-state index in [1.807, 2.05) is 42.2 Å². The van der Waals surface area contributed by atoms with Gasteiger partial charge in [-0.3, -0.25) is 14.5 Å². The summed E-state index contributed by atoms with van der Waals surface area (Å²) in [4.78, 5) is 25.7. The maximum Gasteiger partial charge on any atom is 0.231 e. The van der Waals surface area contributed by atoms with Crippen LogP contribution in [-0.4, -0.2) is 35.7 Å². The summed E-state index contributed by atoms with van der Waals surface area (Å²) in [6.45, 7) is 4.90. The van der Waals surface area contributed by atoms with Gasteiger partial charge in [0.1, 0.15) is 0 Å². The first-order chi connectivity index (χ1) is 9.60. The zero-order valence-electron chi connectivity index (χ0n) is 12.3. The van der Waals surface area contributed by atoms with Crippen LogP contribution < -0.4 is 5.73 Å². The van der Waals surface area contributed by atoms with Crippen LogP contribution in [-0.2, 0) is 4.79 Å². The molecule has 1 unspecified atom stereocenters. The van der Waals surface area contributed by atoms with Gasteiger partial charge in [0.15, 0.2) is 5.78 Å². The molecule has 0 heterocycles. The van der Waals surface area contributed by atoms with Gasteiger partial charge in [-0.05, 0) is 19.4 Å². The molecule has 4 nitrogen and oxygen atoms in total. The predicted octanol–water partition coefficient (Wildman–Crippen LogP) is 2.24. The molecule has 110 valence electrons. The molecule has 0 aliphatic rings. The molecule has 0 aliphatic carbocycles. The fourth-order valence-electron chi connectivity index (χ4n) is 2.31. The molecule has 4 heteroatoms. The molecule has 1 aromatic carbocycles. The maximum absolute atomic E-state index is 12.6. The molecule has 1 aromatic rings. The molecule has 0 aromatic heterocycles. The molecule has 0 saturated carbocycles. The first-order valence-corrected chi connectivity index (χ1v) is 7.21. The van der Waals surface area contributed by atoms with Crippen LogP contribution in [0.2, 0.25) is 0 Å². The Morgan fingerprint density at radius 1 is 1.20 bits per heavy atom. The van der Waals surface area contributed by atoms with Crippen molar-refractivity contribution in [2.45, 2.75) is 39.2 Å². The van der Waals surface area contributed by atoms with Crippen molar-refractivity contribution < 1.29 is 9.59 Å². The highest BCUT2D eigenvalue weighted by molar-refractivity contribution is 6.00. The van der Waals surface area contributed by atoms with Crippen molar-refractivity contribution in [1.82, 2.24) is 4.90 Å². The maximum atomic E-state index is 12.6. The summed E-state index contributed by atoms with van der Waals surface area (Å²) in [5.41, 5.74) is 5.99. The number of hydrogen-bond acceptors (Lipinski definition) is 3. The number of rotatable bonds is 9.